The molecule has 0 saturated heterocycles. The molecule has 0 unspecified atom stereocenters. The van der Waals surface area contributed by atoms with Gasteiger partial charge in [0.1, 0.15) is 11.5 Å². The molecule has 0 aliphatic carbocycles. The quantitative estimate of drug-likeness (QED) is 0.182. The van der Waals surface area contributed by atoms with Crippen LogP contribution in [0.4, 0.5) is 24.5 Å². The normalized spacial score (nSPS) is 13.4. The molecular formula is C30H22F3IrN7-2. The van der Waals surface area contributed by atoms with E-state index in [0.717, 1.165) is 33.8 Å². The number of hydrogen-bond acceptors (Lipinski definition) is 5. The van der Waals surface area contributed by atoms with E-state index in [1.54, 1.807) is 12.1 Å². The number of imidazole rings is 1. The monoisotopic (exact) mass is 730 g/mol. The zero-order valence-corrected chi connectivity index (χ0v) is 24.2. The number of para-hydroxylation sites is 3. The van der Waals surface area contributed by atoms with Gasteiger partial charge in [-0.15, -0.1) is 24.3 Å². The van der Waals surface area contributed by atoms with Crippen molar-refractivity contribution in [3.8, 4) is 22.9 Å². The van der Waals surface area contributed by atoms with Gasteiger partial charge in [0, 0.05) is 32.0 Å². The summed E-state index contributed by atoms with van der Waals surface area (Å²) in [5, 5.41) is 6.25. The van der Waals surface area contributed by atoms with E-state index in [1.165, 1.54) is 12.3 Å². The van der Waals surface area contributed by atoms with Crippen LogP contribution in [-0.2, 0) is 31.9 Å². The van der Waals surface area contributed by atoms with Crippen LogP contribution in [0.15, 0.2) is 97.2 Å². The number of halogens is 3. The van der Waals surface area contributed by atoms with E-state index in [0.29, 0.717) is 0 Å². The third kappa shape index (κ3) is 5.14. The molecule has 7 rings (SSSR count). The van der Waals surface area contributed by atoms with E-state index in [1.807, 2.05) is 18.2 Å². The fourth-order valence-corrected chi connectivity index (χ4v) is 4.93. The number of fused-ring (bicyclic) bond motifs is 5. The van der Waals surface area contributed by atoms with Crippen LogP contribution in [0.2, 0.25) is 0 Å². The van der Waals surface area contributed by atoms with E-state index < -0.39 is 12.0 Å². The van der Waals surface area contributed by atoms with Gasteiger partial charge in [-0.1, -0.05) is 42.0 Å². The molecule has 41 heavy (non-hydrogen) atoms. The Bertz CT molecular complexity index is 1780. The second-order valence-electron chi connectivity index (χ2n) is 9.53. The first kappa shape index (κ1) is 28.2. The number of alkyl halides is 3. The zero-order chi connectivity index (χ0) is 27.9. The molecule has 1 aliphatic heterocycles. The van der Waals surface area contributed by atoms with Crippen molar-refractivity contribution in [3.63, 3.8) is 0 Å². The van der Waals surface area contributed by atoms with Crippen LogP contribution >= 0.6 is 0 Å². The van der Waals surface area contributed by atoms with Gasteiger partial charge in [-0.3, -0.25) is 15.1 Å². The van der Waals surface area contributed by atoms with Gasteiger partial charge in [0.05, 0.1) is 22.6 Å². The molecule has 4 heterocycles. The molecule has 3 aromatic heterocycles. The Kier molecular flexibility index (Phi) is 7.50. The fourth-order valence-electron chi connectivity index (χ4n) is 4.93. The first-order chi connectivity index (χ1) is 19.2. The summed E-state index contributed by atoms with van der Waals surface area (Å²) in [6.45, 7) is 4.49. The van der Waals surface area contributed by atoms with Crippen molar-refractivity contribution in [1.82, 2.24) is 29.7 Å². The van der Waals surface area contributed by atoms with Crippen LogP contribution in [0.5, 0.6) is 0 Å². The zero-order valence-electron chi connectivity index (χ0n) is 21.8. The molecule has 11 heteroatoms. The van der Waals surface area contributed by atoms with Crippen LogP contribution in [-0.4, -0.2) is 24.6 Å². The molecule has 0 amide bonds. The molecule has 0 atom stereocenters. The van der Waals surface area contributed by atoms with Gasteiger partial charge in [-0.25, -0.2) is 0 Å². The maximum atomic E-state index is 12.1. The molecule has 0 N–H and O–H groups in total. The van der Waals surface area contributed by atoms with E-state index in [4.69, 9.17) is 4.98 Å². The predicted molar refractivity (Wildman–Crippen MR) is 145 cm³/mol. The molecule has 6 aromatic rings. The standard InChI is InChI=1S/C22H18N3.C8H4F3N4.Ir/c1-22(2)24(16-10-4-3-5-11-16)19-14-8-6-12-17(19)21-23-18-13-7-9-15-20(18)25(21)22;9-8(10,11)7-13-6(14-15-7)5-3-1-2-4-12-5;/h3-11,13-15H,1-2H3;1-4H;/q2*-1;. The first-order valence-corrected chi connectivity index (χ1v) is 12.5. The minimum absolute atomic E-state index is 0. The minimum Gasteiger partial charge on any atom is -0.413 e. The van der Waals surface area contributed by atoms with Crippen molar-refractivity contribution in [2.45, 2.75) is 25.7 Å². The maximum absolute atomic E-state index is 12.1. The summed E-state index contributed by atoms with van der Waals surface area (Å²) < 4.78 is 38.7. The number of pyridine rings is 1. The molecular weight excluding hydrogens is 708 g/mol. The van der Waals surface area contributed by atoms with Crippen LogP contribution < -0.4 is 10.00 Å². The molecule has 1 radical (unpaired) electrons. The Balaban J connectivity index is 0.000000182. The third-order valence-corrected chi connectivity index (χ3v) is 6.57. The van der Waals surface area contributed by atoms with Gasteiger partial charge in [0.15, 0.2) is 0 Å². The van der Waals surface area contributed by atoms with Gasteiger partial charge in [-0.2, -0.15) is 13.2 Å². The van der Waals surface area contributed by atoms with Gasteiger partial charge in [0.25, 0.3) is 0 Å². The molecule has 209 valence electrons. The van der Waals surface area contributed by atoms with Crippen LogP contribution in [0.25, 0.3) is 33.9 Å². The van der Waals surface area contributed by atoms with Crippen molar-refractivity contribution in [3.05, 3.63) is 109 Å². The summed E-state index contributed by atoms with van der Waals surface area (Å²) in [6.07, 6.45) is -3.13. The third-order valence-electron chi connectivity index (χ3n) is 6.57. The molecule has 3 aromatic carbocycles. The molecule has 0 saturated carbocycles. The Morgan fingerprint density at radius 3 is 2.29 bits per heavy atom. The van der Waals surface area contributed by atoms with Crippen LogP contribution in [0.3, 0.4) is 0 Å². The fraction of sp³-hybridized carbons (Fsp3) is 0.133. The summed E-state index contributed by atoms with van der Waals surface area (Å²) in [7, 11) is 0. The summed E-state index contributed by atoms with van der Waals surface area (Å²) in [4.78, 5) is 14.4. The molecule has 0 spiro atoms. The Labute approximate surface area is 247 Å². The number of aromatic nitrogens is 6. The largest absolute Gasteiger partial charge is 0.429 e. The van der Waals surface area contributed by atoms with Gasteiger partial charge >= 0.3 is 6.18 Å². The minimum atomic E-state index is -4.57. The molecule has 7 nitrogen and oxygen atoms in total. The van der Waals surface area contributed by atoms with Gasteiger partial charge in [-0.05, 0) is 61.8 Å². The average Bonchev–Trinajstić information content (AvgIpc) is 3.61. The SMILES string of the molecule is CC1(C)N(c2ccccc2)c2ccc[c-]c2-c2nc3ccccc3n21.FC(F)(F)c1n[n-]c(-c2ccccn2)n1.[Ir]. The first-order valence-electron chi connectivity index (χ1n) is 12.5. The van der Waals surface area contributed by atoms with Crippen molar-refractivity contribution in [2.24, 2.45) is 0 Å². The Hall–Kier alpha value is -4.34. The van der Waals surface area contributed by atoms with Crippen LogP contribution in [0.1, 0.15) is 19.7 Å². The number of anilines is 2. The Morgan fingerprint density at radius 2 is 1.59 bits per heavy atom. The molecule has 1 aliphatic rings. The van der Waals surface area contributed by atoms with Crippen LogP contribution in [0, 0.1) is 6.07 Å². The van der Waals surface area contributed by atoms with E-state index in [9.17, 15) is 13.2 Å². The summed E-state index contributed by atoms with van der Waals surface area (Å²) in [5.41, 5.74) is 5.48. The maximum Gasteiger partial charge on any atom is 0.429 e. The number of hydrogen-bond donors (Lipinski definition) is 0. The number of benzene rings is 3. The van der Waals surface area contributed by atoms with Gasteiger partial charge in [0.2, 0.25) is 0 Å². The van der Waals surface area contributed by atoms with Crippen molar-refractivity contribution in [1.29, 1.82) is 0 Å². The Morgan fingerprint density at radius 1 is 0.854 bits per heavy atom. The van der Waals surface area contributed by atoms with Crippen molar-refractivity contribution >= 4 is 22.4 Å². The summed E-state index contributed by atoms with van der Waals surface area (Å²) in [6, 6.07) is 33.2. The average molecular weight is 730 g/mol. The van der Waals surface area contributed by atoms with E-state index in [2.05, 4.69) is 104 Å². The van der Waals surface area contributed by atoms with Crippen molar-refractivity contribution < 1.29 is 33.3 Å². The number of rotatable bonds is 2. The summed E-state index contributed by atoms with van der Waals surface area (Å²) >= 11 is 0. The van der Waals surface area contributed by atoms with Crippen molar-refractivity contribution in [2.75, 3.05) is 4.90 Å². The second kappa shape index (κ2) is 10.9. The van der Waals surface area contributed by atoms with Gasteiger partial charge < -0.3 is 19.5 Å². The smallest absolute Gasteiger partial charge is 0.413 e. The number of nitrogens with zero attached hydrogens (tertiary/aromatic N) is 7. The molecule has 0 bridgehead atoms. The van der Waals surface area contributed by atoms with E-state index in [-0.39, 0.29) is 37.3 Å². The topological polar surface area (TPSA) is 73.8 Å². The van der Waals surface area contributed by atoms with E-state index >= 15 is 0 Å². The second-order valence-corrected chi connectivity index (χ2v) is 9.53. The predicted octanol–water partition coefficient (Wildman–Crippen LogP) is 6.86. The summed E-state index contributed by atoms with van der Waals surface area (Å²) in [5.74, 6) is -0.389. The molecule has 0 fully saturated rings.